The summed E-state index contributed by atoms with van der Waals surface area (Å²) in [6, 6.07) is 6.13. The minimum atomic E-state index is 0.497. The van der Waals surface area contributed by atoms with Crippen LogP contribution in [0.25, 0.3) is 11.0 Å². The van der Waals surface area contributed by atoms with Crippen LogP contribution in [0.3, 0.4) is 0 Å². The van der Waals surface area contributed by atoms with Crippen LogP contribution >= 0.6 is 24.0 Å². The standard InChI is InChI=1S/C10H11N3S2/c1-6-2-3-7-8(4-6)13-10(12-7)15-5-9(11)14/h2-4H,5H2,1H3,(H2,11,14)(H,12,13). The summed E-state index contributed by atoms with van der Waals surface area (Å²) in [6.07, 6.45) is 0. The molecule has 0 spiro atoms. The van der Waals surface area contributed by atoms with Gasteiger partial charge in [-0.05, 0) is 24.6 Å². The largest absolute Gasteiger partial charge is 0.393 e. The van der Waals surface area contributed by atoms with Crippen molar-refractivity contribution in [3.05, 3.63) is 23.8 Å². The Morgan fingerprint density at radius 2 is 2.40 bits per heavy atom. The molecule has 0 atom stereocenters. The van der Waals surface area contributed by atoms with Crippen molar-refractivity contribution in [2.45, 2.75) is 12.1 Å². The Balaban J connectivity index is 2.27. The molecule has 0 saturated heterocycles. The molecule has 0 bridgehead atoms. The maximum Gasteiger partial charge on any atom is 0.166 e. The van der Waals surface area contributed by atoms with Crippen LogP contribution < -0.4 is 5.73 Å². The van der Waals surface area contributed by atoms with Gasteiger partial charge in [0.25, 0.3) is 0 Å². The number of imidazole rings is 1. The quantitative estimate of drug-likeness (QED) is 0.635. The lowest BCUT2D eigenvalue weighted by Gasteiger charge is -1.93. The van der Waals surface area contributed by atoms with Crippen molar-refractivity contribution in [3.8, 4) is 0 Å². The Hall–Kier alpha value is -1.07. The van der Waals surface area contributed by atoms with Gasteiger partial charge in [-0.2, -0.15) is 0 Å². The highest BCUT2D eigenvalue weighted by Gasteiger charge is 2.03. The van der Waals surface area contributed by atoms with E-state index in [1.54, 1.807) is 0 Å². The highest BCUT2D eigenvalue weighted by molar-refractivity contribution is 8.00. The number of benzene rings is 1. The fraction of sp³-hybridized carbons (Fsp3) is 0.200. The van der Waals surface area contributed by atoms with E-state index in [1.165, 1.54) is 17.3 Å². The van der Waals surface area contributed by atoms with Gasteiger partial charge in [0.2, 0.25) is 0 Å². The molecule has 3 N–H and O–H groups in total. The lowest BCUT2D eigenvalue weighted by atomic mass is 10.2. The van der Waals surface area contributed by atoms with Gasteiger partial charge in [-0.3, -0.25) is 0 Å². The van der Waals surface area contributed by atoms with Gasteiger partial charge in [0, 0.05) is 0 Å². The SMILES string of the molecule is Cc1ccc2nc(SCC(N)=S)[nH]c2c1. The van der Waals surface area contributed by atoms with Crippen LogP contribution in [0.5, 0.6) is 0 Å². The molecular weight excluding hydrogens is 226 g/mol. The number of nitrogens with one attached hydrogen (secondary N) is 1. The van der Waals surface area contributed by atoms with Crippen LogP contribution in [0.2, 0.25) is 0 Å². The van der Waals surface area contributed by atoms with Crippen molar-refractivity contribution in [2.75, 3.05) is 5.75 Å². The molecule has 0 fully saturated rings. The molecule has 3 nitrogen and oxygen atoms in total. The lowest BCUT2D eigenvalue weighted by molar-refractivity contribution is 1.08. The highest BCUT2D eigenvalue weighted by Crippen LogP contribution is 2.19. The summed E-state index contributed by atoms with van der Waals surface area (Å²) in [5, 5.41) is 0.864. The number of nitrogens with two attached hydrogens (primary N) is 1. The topological polar surface area (TPSA) is 54.7 Å². The number of hydrogen-bond acceptors (Lipinski definition) is 3. The van der Waals surface area contributed by atoms with Crippen LogP contribution in [0.1, 0.15) is 5.56 Å². The van der Waals surface area contributed by atoms with Gasteiger partial charge in [0.15, 0.2) is 5.16 Å². The number of thiocarbonyl (C=S) groups is 1. The van der Waals surface area contributed by atoms with E-state index >= 15 is 0 Å². The molecule has 0 aliphatic carbocycles. The number of aryl methyl sites for hydroxylation is 1. The van der Waals surface area contributed by atoms with Crippen molar-refractivity contribution in [3.63, 3.8) is 0 Å². The molecule has 15 heavy (non-hydrogen) atoms. The number of aromatic nitrogens is 2. The maximum atomic E-state index is 5.43. The third-order valence-corrected chi connectivity index (χ3v) is 3.22. The van der Waals surface area contributed by atoms with Crippen molar-refractivity contribution < 1.29 is 0 Å². The smallest absolute Gasteiger partial charge is 0.166 e. The van der Waals surface area contributed by atoms with Gasteiger partial charge in [0.05, 0.1) is 21.8 Å². The summed E-state index contributed by atoms with van der Waals surface area (Å²) >= 11 is 6.34. The number of H-pyrrole nitrogens is 1. The summed E-state index contributed by atoms with van der Waals surface area (Å²) in [7, 11) is 0. The molecule has 0 radical (unpaired) electrons. The minimum Gasteiger partial charge on any atom is -0.393 e. The second-order valence-electron chi connectivity index (χ2n) is 3.32. The monoisotopic (exact) mass is 237 g/mol. The summed E-state index contributed by atoms with van der Waals surface area (Å²) in [5.41, 5.74) is 8.68. The number of hydrogen-bond donors (Lipinski definition) is 2. The number of rotatable bonds is 3. The second kappa shape index (κ2) is 4.20. The van der Waals surface area contributed by atoms with Crippen LogP contribution in [0, 0.1) is 6.92 Å². The van der Waals surface area contributed by atoms with E-state index < -0.39 is 0 Å². The average Bonchev–Trinajstić information content (AvgIpc) is 2.56. The number of thioether (sulfide) groups is 1. The van der Waals surface area contributed by atoms with Crippen LogP contribution in [-0.4, -0.2) is 20.7 Å². The Morgan fingerprint density at radius 1 is 1.60 bits per heavy atom. The highest BCUT2D eigenvalue weighted by atomic mass is 32.2. The molecular formula is C10H11N3S2. The number of nitrogens with zero attached hydrogens (tertiary/aromatic N) is 1. The zero-order valence-electron chi connectivity index (χ0n) is 8.28. The molecule has 0 aliphatic rings. The maximum absolute atomic E-state index is 5.43. The Morgan fingerprint density at radius 3 is 3.13 bits per heavy atom. The Kier molecular flexibility index (Phi) is 2.93. The van der Waals surface area contributed by atoms with Crippen molar-refractivity contribution in [2.24, 2.45) is 5.73 Å². The van der Waals surface area contributed by atoms with Crippen molar-refractivity contribution in [1.82, 2.24) is 9.97 Å². The summed E-state index contributed by atoms with van der Waals surface area (Å²) in [4.78, 5) is 8.14. The van der Waals surface area contributed by atoms with Crippen molar-refractivity contribution >= 4 is 40.0 Å². The number of fused-ring (bicyclic) bond motifs is 1. The molecule has 1 aromatic carbocycles. The van der Waals surface area contributed by atoms with Gasteiger partial charge in [-0.1, -0.05) is 30.0 Å². The minimum absolute atomic E-state index is 0.497. The number of aromatic amines is 1. The van der Waals surface area contributed by atoms with Crippen LogP contribution in [0.4, 0.5) is 0 Å². The van der Waals surface area contributed by atoms with Gasteiger partial charge in [-0.15, -0.1) is 0 Å². The first-order chi connectivity index (χ1) is 7.15. The molecule has 2 aromatic rings. The Labute approximate surface area is 97.5 Å². The molecule has 0 saturated carbocycles. The molecule has 1 aromatic heterocycles. The van der Waals surface area contributed by atoms with E-state index in [9.17, 15) is 0 Å². The zero-order chi connectivity index (χ0) is 10.8. The molecule has 0 amide bonds. The molecule has 5 heteroatoms. The fourth-order valence-electron chi connectivity index (χ4n) is 1.31. The normalized spacial score (nSPS) is 10.7. The Bertz CT molecular complexity index is 504. The third kappa shape index (κ3) is 2.49. The summed E-state index contributed by atoms with van der Waals surface area (Å²) in [6.45, 7) is 2.06. The van der Waals surface area contributed by atoms with E-state index in [2.05, 4.69) is 23.0 Å². The summed E-state index contributed by atoms with van der Waals surface area (Å²) in [5.74, 6) is 0.619. The average molecular weight is 237 g/mol. The summed E-state index contributed by atoms with van der Waals surface area (Å²) < 4.78 is 0. The van der Waals surface area contributed by atoms with E-state index in [1.807, 2.05) is 12.1 Å². The van der Waals surface area contributed by atoms with E-state index in [-0.39, 0.29) is 0 Å². The van der Waals surface area contributed by atoms with E-state index in [0.29, 0.717) is 10.7 Å². The first-order valence-electron chi connectivity index (χ1n) is 4.52. The predicted octanol–water partition coefficient (Wildman–Crippen LogP) is 2.25. The second-order valence-corrected chi connectivity index (χ2v) is 4.81. The lowest BCUT2D eigenvalue weighted by Crippen LogP contribution is -2.10. The third-order valence-electron chi connectivity index (χ3n) is 1.97. The zero-order valence-corrected chi connectivity index (χ0v) is 9.91. The van der Waals surface area contributed by atoms with E-state index in [4.69, 9.17) is 18.0 Å². The van der Waals surface area contributed by atoms with Gasteiger partial charge in [-0.25, -0.2) is 4.98 Å². The molecule has 78 valence electrons. The van der Waals surface area contributed by atoms with Gasteiger partial charge in [0.1, 0.15) is 0 Å². The first kappa shape index (κ1) is 10.4. The molecule has 2 rings (SSSR count). The van der Waals surface area contributed by atoms with E-state index in [0.717, 1.165) is 16.2 Å². The molecule has 0 aliphatic heterocycles. The fourth-order valence-corrected chi connectivity index (χ4v) is 2.11. The van der Waals surface area contributed by atoms with Gasteiger partial charge >= 0.3 is 0 Å². The molecule has 0 unspecified atom stereocenters. The first-order valence-corrected chi connectivity index (χ1v) is 5.92. The van der Waals surface area contributed by atoms with Crippen LogP contribution in [-0.2, 0) is 0 Å². The molecule has 1 heterocycles. The van der Waals surface area contributed by atoms with Gasteiger partial charge < -0.3 is 10.7 Å². The van der Waals surface area contributed by atoms with Crippen LogP contribution in [0.15, 0.2) is 23.4 Å². The predicted molar refractivity (Wildman–Crippen MR) is 68.3 cm³/mol. The van der Waals surface area contributed by atoms with Crippen molar-refractivity contribution in [1.29, 1.82) is 0 Å².